The quantitative estimate of drug-likeness (QED) is 0.917. The van der Waals surface area contributed by atoms with Gasteiger partial charge in [-0.1, -0.05) is 0 Å². The Morgan fingerprint density at radius 1 is 1.28 bits per heavy atom. The Balaban J connectivity index is 1.98. The Hall–Kier alpha value is -1.89. The Kier molecular flexibility index (Phi) is 4.39. The first kappa shape index (κ1) is 17.9. The van der Waals surface area contributed by atoms with E-state index in [2.05, 4.69) is 15.1 Å². The number of rotatable bonds is 4. The van der Waals surface area contributed by atoms with Crippen molar-refractivity contribution in [2.45, 2.75) is 64.9 Å². The highest BCUT2D eigenvalue weighted by Gasteiger charge is 2.39. The van der Waals surface area contributed by atoms with Crippen LogP contribution in [0.4, 0.5) is 8.78 Å². The van der Waals surface area contributed by atoms with Gasteiger partial charge in [0.25, 0.3) is 5.95 Å². The van der Waals surface area contributed by atoms with Crippen molar-refractivity contribution in [3.63, 3.8) is 0 Å². The number of aromatic nitrogens is 4. The summed E-state index contributed by atoms with van der Waals surface area (Å²) in [5.41, 5.74) is 1.69. The van der Waals surface area contributed by atoms with Gasteiger partial charge in [-0.3, -0.25) is 0 Å². The third-order valence-electron chi connectivity index (χ3n) is 4.60. The molecular formula is C18H24F2N4O. The molecule has 0 radical (unpaired) electrons. The number of alkyl halides is 2. The molecule has 0 bridgehead atoms. The summed E-state index contributed by atoms with van der Waals surface area (Å²) in [4.78, 5) is 8.98. The number of hydrogen-bond donors (Lipinski definition) is 1. The third-order valence-corrected chi connectivity index (χ3v) is 4.60. The minimum Gasteiger partial charge on any atom is -0.384 e. The Morgan fingerprint density at radius 3 is 2.52 bits per heavy atom. The Bertz CT molecular complexity index is 780. The van der Waals surface area contributed by atoms with Gasteiger partial charge < -0.3 is 5.11 Å². The zero-order chi connectivity index (χ0) is 18.4. The highest BCUT2D eigenvalue weighted by Crippen LogP contribution is 2.40. The number of aryl methyl sites for hydroxylation is 2. The first-order valence-electron chi connectivity index (χ1n) is 8.56. The average molecular weight is 350 g/mol. The molecule has 5 nitrogen and oxygen atoms in total. The largest absolute Gasteiger partial charge is 0.384 e. The van der Waals surface area contributed by atoms with E-state index in [0.29, 0.717) is 30.2 Å². The van der Waals surface area contributed by atoms with Gasteiger partial charge in [-0.25, -0.2) is 23.4 Å². The van der Waals surface area contributed by atoms with Crippen molar-refractivity contribution in [1.29, 1.82) is 0 Å². The molecule has 0 spiro atoms. The SMILES string of the molecule is Cc1cc(C)n(-c2nc(CC3CCC(F)(F)C3)cc(C(C)(C)O)n2)n1. The molecule has 136 valence electrons. The number of hydrogen-bond acceptors (Lipinski definition) is 4. The topological polar surface area (TPSA) is 63.8 Å². The van der Waals surface area contributed by atoms with Gasteiger partial charge in [-0.15, -0.1) is 0 Å². The number of nitrogens with zero attached hydrogens (tertiary/aromatic N) is 4. The summed E-state index contributed by atoms with van der Waals surface area (Å²) in [6.45, 7) is 7.07. The first-order valence-corrected chi connectivity index (χ1v) is 8.56. The van der Waals surface area contributed by atoms with Gasteiger partial charge in [0.1, 0.15) is 5.60 Å². The van der Waals surface area contributed by atoms with Crippen LogP contribution in [-0.2, 0) is 12.0 Å². The van der Waals surface area contributed by atoms with Crippen molar-refractivity contribution >= 4 is 0 Å². The molecule has 1 saturated carbocycles. The van der Waals surface area contributed by atoms with Crippen LogP contribution in [0.1, 0.15) is 55.9 Å². The van der Waals surface area contributed by atoms with Crippen molar-refractivity contribution in [2.24, 2.45) is 5.92 Å². The first-order chi connectivity index (χ1) is 11.5. The lowest BCUT2D eigenvalue weighted by Gasteiger charge is -2.19. The van der Waals surface area contributed by atoms with Crippen LogP contribution in [0.25, 0.3) is 5.95 Å². The van der Waals surface area contributed by atoms with Gasteiger partial charge in [0.05, 0.1) is 11.4 Å². The molecule has 1 unspecified atom stereocenters. The van der Waals surface area contributed by atoms with Gasteiger partial charge >= 0.3 is 0 Å². The predicted molar refractivity (Wildman–Crippen MR) is 89.9 cm³/mol. The van der Waals surface area contributed by atoms with E-state index in [9.17, 15) is 13.9 Å². The molecule has 2 heterocycles. The molecule has 0 saturated heterocycles. The standard InChI is InChI=1S/C18H24F2N4O/c1-11-7-12(2)24(23-11)16-21-14(9-15(22-16)17(3,4)25)8-13-5-6-18(19,20)10-13/h7,9,13,25H,5-6,8,10H2,1-4H3. The molecule has 0 aliphatic heterocycles. The minimum absolute atomic E-state index is 0.0641. The van der Waals surface area contributed by atoms with Crippen molar-refractivity contribution in [3.8, 4) is 5.95 Å². The molecule has 1 fully saturated rings. The van der Waals surface area contributed by atoms with Crippen LogP contribution in [0.3, 0.4) is 0 Å². The predicted octanol–water partition coefficient (Wildman–Crippen LogP) is 3.48. The van der Waals surface area contributed by atoms with Gasteiger partial charge in [0, 0.05) is 24.2 Å². The summed E-state index contributed by atoms with van der Waals surface area (Å²) in [5.74, 6) is -2.31. The molecule has 7 heteroatoms. The molecule has 1 atom stereocenters. The normalized spacial score (nSPS) is 20.2. The van der Waals surface area contributed by atoms with Crippen LogP contribution in [0.2, 0.25) is 0 Å². The smallest absolute Gasteiger partial charge is 0.251 e. The second-order valence-corrected chi connectivity index (χ2v) is 7.61. The zero-order valence-corrected chi connectivity index (χ0v) is 15.1. The average Bonchev–Trinajstić information content (AvgIpc) is 2.99. The van der Waals surface area contributed by atoms with Gasteiger partial charge in [0.15, 0.2) is 0 Å². The van der Waals surface area contributed by atoms with Crippen molar-refractivity contribution in [1.82, 2.24) is 19.7 Å². The summed E-state index contributed by atoms with van der Waals surface area (Å²) >= 11 is 0. The number of halogens is 2. The third kappa shape index (κ3) is 4.03. The van der Waals surface area contributed by atoms with E-state index in [-0.39, 0.29) is 18.8 Å². The molecule has 1 aliphatic rings. The van der Waals surface area contributed by atoms with E-state index in [1.807, 2.05) is 19.9 Å². The highest BCUT2D eigenvalue weighted by molar-refractivity contribution is 5.25. The van der Waals surface area contributed by atoms with E-state index in [1.54, 1.807) is 24.6 Å². The molecule has 1 N–H and O–H groups in total. The van der Waals surface area contributed by atoms with Crippen LogP contribution < -0.4 is 0 Å². The fourth-order valence-electron chi connectivity index (χ4n) is 3.34. The summed E-state index contributed by atoms with van der Waals surface area (Å²) in [6, 6.07) is 3.63. The molecule has 0 amide bonds. The molecule has 3 rings (SSSR count). The summed E-state index contributed by atoms with van der Waals surface area (Å²) in [5, 5.41) is 14.8. The zero-order valence-electron chi connectivity index (χ0n) is 15.1. The monoisotopic (exact) mass is 350 g/mol. The maximum Gasteiger partial charge on any atom is 0.251 e. The van der Waals surface area contributed by atoms with Crippen LogP contribution in [0.15, 0.2) is 12.1 Å². The molecule has 25 heavy (non-hydrogen) atoms. The number of aliphatic hydroxyl groups is 1. The van der Waals surface area contributed by atoms with Crippen LogP contribution in [0, 0.1) is 19.8 Å². The Labute approximate surface area is 146 Å². The van der Waals surface area contributed by atoms with Crippen molar-refractivity contribution in [3.05, 3.63) is 34.9 Å². The summed E-state index contributed by atoms with van der Waals surface area (Å²) in [7, 11) is 0. The molecular weight excluding hydrogens is 326 g/mol. The maximum atomic E-state index is 13.5. The van der Waals surface area contributed by atoms with Crippen LogP contribution in [-0.4, -0.2) is 30.8 Å². The summed E-state index contributed by atoms with van der Waals surface area (Å²) in [6.07, 6.45) is 0.771. The van der Waals surface area contributed by atoms with Gasteiger partial charge in [0.2, 0.25) is 5.92 Å². The molecule has 2 aromatic rings. The maximum absolute atomic E-state index is 13.5. The second-order valence-electron chi connectivity index (χ2n) is 7.61. The lowest BCUT2D eigenvalue weighted by Crippen LogP contribution is -2.21. The van der Waals surface area contributed by atoms with Crippen LogP contribution in [0.5, 0.6) is 0 Å². The van der Waals surface area contributed by atoms with E-state index >= 15 is 0 Å². The van der Waals surface area contributed by atoms with Gasteiger partial charge in [-0.05, 0) is 58.6 Å². The lowest BCUT2D eigenvalue weighted by molar-refractivity contribution is 0.00502. The second kappa shape index (κ2) is 6.12. The highest BCUT2D eigenvalue weighted by atomic mass is 19.3. The minimum atomic E-state index is -2.57. The van der Waals surface area contributed by atoms with Gasteiger partial charge in [-0.2, -0.15) is 5.10 Å². The van der Waals surface area contributed by atoms with Crippen molar-refractivity contribution in [2.75, 3.05) is 0 Å². The van der Waals surface area contributed by atoms with Crippen LogP contribution >= 0.6 is 0 Å². The van der Waals surface area contributed by atoms with Crippen molar-refractivity contribution < 1.29 is 13.9 Å². The summed E-state index contributed by atoms with van der Waals surface area (Å²) < 4.78 is 28.6. The molecule has 2 aromatic heterocycles. The lowest BCUT2D eigenvalue weighted by atomic mass is 9.98. The fraction of sp³-hybridized carbons (Fsp3) is 0.611. The fourth-order valence-corrected chi connectivity index (χ4v) is 3.34. The Morgan fingerprint density at radius 2 is 2.00 bits per heavy atom. The van der Waals surface area contributed by atoms with E-state index in [4.69, 9.17) is 0 Å². The van der Waals surface area contributed by atoms with E-state index < -0.39 is 11.5 Å². The molecule has 0 aromatic carbocycles. The molecule has 1 aliphatic carbocycles. The van der Waals surface area contributed by atoms with E-state index in [1.165, 1.54) is 0 Å². The van der Waals surface area contributed by atoms with E-state index in [0.717, 1.165) is 11.4 Å².